The summed E-state index contributed by atoms with van der Waals surface area (Å²) in [7, 11) is 0. The standard InChI is InChI=1S/C10H7BrN2S/c11-4-6-1-7-3-8(5-12)14-10(7)9(13)2-6/h1-3H,4,13H2. The van der Waals surface area contributed by atoms with Crippen molar-refractivity contribution in [3.63, 3.8) is 0 Å². The lowest BCUT2D eigenvalue weighted by Crippen LogP contribution is -1.86. The number of rotatable bonds is 1. The Labute approximate surface area is 94.1 Å². The summed E-state index contributed by atoms with van der Waals surface area (Å²) in [5.74, 6) is 0. The molecule has 70 valence electrons. The van der Waals surface area contributed by atoms with Crippen LogP contribution in [0, 0.1) is 11.3 Å². The fraction of sp³-hybridized carbons (Fsp3) is 0.100. The summed E-state index contributed by atoms with van der Waals surface area (Å²) in [5.41, 5.74) is 7.77. The Morgan fingerprint density at radius 3 is 2.86 bits per heavy atom. The summed E-state index contributed by atoms with van der Waals surface area (Å²) in [4.78, 5) is 0.707. The zero-order valence-electron chi connectivity index (χ0n) is 7.25. The van der Waals surface area contributed by atoms with Crippen molar-refractivity contribution >= 4 is 43.0 Å². The first kappa shape index (κ1) is 9.50. The van der Waals surface area contributed by atoms with E-state index in [9.17, 15) is 0 Å². The van der Waals surface area contributed by atoms with E-state index in [-0.39, 0.29) is 0 Å². The predicted molar refractivity (Wildman–Crippen MR) is 63.6 cm³/mol. The van der Waals surface area contributed by atoms with E-state index in [2.05, 4.69) is 28.1 Å². The van der Waals surface area contributed by atoms with Gasteiger partial charge in [0.15, 0.2) is 0 Å². The number of nitrogens with zero attached hydrogens (tertiary/aromatic N) is 1. The maximum atomic E-state index is 8.77. The minimum atomic E-state index is 0.707. The highest BCUT2D eigenvalue weighted by Gasteiger charge is 2.05. The van der Waals surface area contributed by atoms with Gasteiger partial charge in [-0.25, -0.2) is 0 Å². The molecule has 0 spiro atoms. The van der Waals surface area contributed by atoms with E-state index in [0.29, 0.717) is 4.88 Å². The number of nitriles is 1. The van der Waals surface area contributed by atoms with Crippen LogP contribution < -0.4 is 5.73 Å². The van der Waals surface area contributed by atoms with Gasteiger partial charge in [0.1, 0.15) is 10.9 Å². The van der Waals surface area contributed by atoms with Gasteiger partial charge >= 0.3 is 0 Å². The lowest BCUT2D eigenvalue weighted by Gasteiger charge is -1.99. The third-order valence-corrected chi connectivity index (χ3v) is 3.72. The number of benzene rings is 1. The second-order valence-electron chi connectivity index (χ2n) is 2.96. The second-order valence-corrected chi connectivity index (χ2v) is 4.57. The van der Waals surface area contributed by atoms with E-state index < -0.39 is 0 Å². The number of alkyl halides is 1. The Morgan fingerprint density at radius 2 is 2.21 bits per heavy atom. The van der Waals surface area contributed by atoms with Gasteiger partial charge in [0.05, 0.1) is 4.70 Å². The Morgan fingerprint density at radius 1 is 1.43 bits per heavy atom. The first-order chi connectivity index (χ1) is 6.74. The summed E-state index contributed by atoms with van der Waals surface area (Å²) in [6.45, 7) is 0. The Balaban J connectivity index is 2.75. The molecule has 0 amide bonds. The van der Waals surface area contributed by atoms with Gasteiger partial charge in [0.2, 0.25) is 0 Å². The maximum Gasteiger partial charge on any atom is 0.110 e. The number of fused-ring (bicyclic) bond motifs is 1. The topological polar surface area (TPSA) is 49.8 Å². The van der Waals surface area contributed by atoms with Crippen LogP contribution in [0.15, 0.2) is 18.2 Å². The van der Waals surface area contributed by atoms with Crippen molar-refractivity contribution in [2.24, 2.45) is 0 Å². The van der Waals surface area contributed by atoms with E-state index in [4.69, 9.17) is 11.0 Å². The van der Waals surface area contributed by atoms with E-state index in [0.717, 1.165) is 26.7 Å². The molecule has 0 radical (unpaired) electrons. The number of hydrogen-bond donors (Lipinski definition) is 1. The van der Waals surface area contributed by atoms with E-state index in [1.54, 1.807) is 0 Å². The van der Waals surface area contributed by atoms with Crippen molar-refractivity contribution in [2.45, 2.75) is 5.33 Å². The molecule has 1 heterocycles. The molecule has 2 nitrogen and oxygen atoms in total. The molecule has 2 aromatic rings. The zero-order chi connectivity index (χ0) is 10.1. The van der Waals surface area contributed by atoms with Gasteiger partial charge in [-0.05, 0) is 29.1 Å². The van der Waals surface area contributed by atoms with Gasteiger partial charge in [0, 0.05) is 11.0 Å². The van der Waals surface area contributed by atoms with Crippen LogP contribution in [0.3, 0.4) is 0 Å². The number of anilines is 1. The highest BCUT2D eigenvalue weighted by molar-refractivity contribution is 9.08. The quantitative estimate of drug-likeness (QED) is 0.637. The molecule has 0 saturated carbocycles. The maximum absolute atomic E-state index is 8.77. The summed E-state index contributed by atoms with van der Waals surface area (Å²) in [5, 5.41) is 10.6. The van der Waals surface area contributed by atoms with E-state index in [1.165, 1.54) is 11.3 Å². The van der Waals surface area contributed by atoms with Gasteiger partial charge < -0.3 is 5.73 Å². The van der Waals surface area contributed by atoms with Crippen molar-refractivity contribution < 1.29 is 0 Å². The molecule has 0 atom stereocenters. The van der Waals surface area contributed by atoms with Gasteiger partial charge in [-0.1, -0.05) is 15.9 Å². The average Bonchev–Trinajstić information content (AvgIpc) is 2.61. The van der Waals surface area contributed by atoms with E-state index >= 15 is 0 Å². The summed E-state index contributed by atoms with van der Waals surface area (Å²) >= 11 is 4.83. The molecule has 0 bridgehead atoms. The molecule has 0 fully saturated rings. The molecule has 4 heteroatoms. The summed E-state index contributed by atoms with van der Waals surface area (Å²) < 4.78 is 1.01. The van der Waals surface area contributed by atoms with Crippen LogP contribution in [-0.4, -0.2) is 0 Å². The molecule has 1 aromatic carbocycles. The smallest absolute Gasteiger partial charge is 0.110 e. The number of nitrogens with two attached hydrogens (primary N) is 1. The molecule has 2 rings (SSSR count). The normalized spacial score (nSPS) is 10.3. The van der Waals surface area contributed by atoms with Gasteiger partial charge in [-0.15, -0.1) is 11.3 Å². The third-order valence-electron chi connectivity index (χ3n) is 1.97. The summed E-state index contributed by atoms with van der Waals surface area (Å²) in [6.07, 6.45) is 0. The lowest BCUT2D eigenvalue weighted by atomic mass is 10.1. The number of hydrogen-bond acceptors (Lipinski definition) is 3. The summed E-state index contributed by atoms with van der Waals surface area (Å²) in [6, 6.07) is 8.00. The van der Waals surface area contributed by atoms with Crippen LogP contribution in [-0.2, 0) is 5.33 Å². The monoisotopic (exact) mass is 266 g/mol. The second kappa shape index (κ2) is 3.60. The molecule has 14 heavy (non-hydrogen) atoms. The molecular weight excluding hydrogens is 260 g/mol. The average molecular weight is 267 g/mol. The molecule has 0 saturated heterocycles. The Hall–Kier alpha value is -1.05. The Bertz CT molecular complexity index is 525. The molecular formula is C10H7BrN2S. The molecule has 0 aliphatic rings. The van der Waals surface area contributed by atoms with Crippen LogP contribution in [0.5, 0.6) is 0 Å². The van der Waals surface area contributed by atoms with Crippen molar-refractivity contribution in [1.82, 2.24) is 0 Å². The SMILES string of the molecule is N#Cc1cc2cc(CBr)cc(N)c2s1. The van der Waals surface area contributed by atoms with Crippen molar-refractivity contribution in [3.05, 3.63) is 28.6 Å². The third kappa shape index (κ3) is 1.49. The van der Waals surface area contributed by atoms with Crippen LogP contribution in [0.1, 0.15) is 10.4 Å². The van der Waals surface area contributed by atoms with Crippen LogP contribution in [0.25, 0.3) is 10.1 Å². The predicted octanol–water partition coefficient (Wildman–Crippen LogP) is 3.25. The fourth-order valence-corrected chi connectivity index (χ4v) is 2.56. The molecule has 0 aliphatic heterocycles. The molecule has 2 N–H and O–H groups in total. The molecule has 0 aliphatic carbocycles. The molecule has 0 unspecified atom stereocenters. The number of thiophene rings is 1. The number of nitrogen functional groups attached to an aromatic ring is 1. The first-order valence-electron chi connectivity index (χ1n) is 4.02. The van der Waals surface area contributed by atoms with Crippen LogP contribution in [0.2, 0.25) is 0 Å². The number of halogens is 1. The van der Waals surface area contributed by atoms with Gasteiger partial charge in [-0.3, -0.25) is 0 Å². The van der Waals surface area contributed by atoms with Gasteiger partial charge in [0.25, 0.3) is 0 Å². The fourth-order valence-electron chi connectivity index (χ4n) is 1.38. The van der Waals surface area contributed by atoms with Crippen molar-refractivity contribution in [1.29, 1.82) is 5.26 Å². The van der Waals surface area contributed by atoms with Gasteiger partial charge in [-0.2, -0.15) is 5.26 Å². The Kier molecular flexibility index (Phi) is 2.44. The minimum Gasteiger partial charge on any atom is -0.398 e. The van der Waals surface area contributed by atoms with Crippen molar-refractivity contribution in [2.75, 3.05) is 5.73 Å². The van der Waals surface area contributed by atoms with Crippen molar-refractivity contribution in [3.8, 4) is 6.07 Å². The lowest BCUT2D eigenvalue weighted by molar-refractivity contribution is 1.47. The molecule has 1 aromatic heterocycles. The van der Waals surface area contributed by atoms with Crippen LogP contribution in [0.4, 0.5) is 5.69 Å². The van der Waals surface area contributed by atoms with E-state index in [1.807, 2.05) is 12.1 Å². The highest BCUT2D eigenvalue weighted by Crippen LogP contribution is 2.31. The minimum absolute atomic E-state index is 0.707. The zero-order valence-corrected chi connectivity index (χ0v) is 9.65. The largest absolute Gasteiger partial charge is 0.398 e. The highest BCUT2D eigenvalue weighted by atomic mass is 79.9. The van der Waals surface area contributed by atoms with Crippen LogP contribution >= 0.6 is 27.3 Å². The first-order valence-corrected chi connectivity index (χ1v) is 5.96.